The second-order valence-corrected chi connectivity index (χ2v) is 18.3. The third-order valence-electron chi connectivity index (χ3n) is 9.96. The van der Waals surface area contributed by atoms with Gasteiger partial charge < -0.3 is 17.9 Å². The molecule has 0 saturated carbocycles. The molecule has 4 nitrogen and oxygen atoms in total. The maximum Gasteiger partial charge on any atom is 0.0782 e. The standard InChI is InChI=1S/C40H90N4/c1-41(2,3)35-29-23-17-11-13-19-25-31-37-43(7,8)39-33-27-21-15-16-22-28-34-40-44(9,10)38-32-26-20-14-12-18-24-30-36-42(4,5)6/h11-40H2,1-10H3/q+4. The average molecular weight is 627 g/mol. The normalized spacial score (nSPS) is 13.2. The average Bonchev–Trinajstić information content (AvgIpc) is 2.90. The number of unbranched alkanes of at least 4 members (excludes halogenated alkanes) is 21. The summed E-state index contributed by atoms with van der Waals surface area (Å²) >= 11 is 0. The smallest absolute Gasteiger partial charge is 0.0782 e. The highest BCUT2D eigenvalue weighted by Crippen LogP contribution is 2.15. The van der Waals surface area contributed by atoms with Gasteiger partial charge in [0.05, 0.1) is 110 Å². The van der Waals surface area contributed by atoms with Gasteiger partial charge in [-0.3, -0.25) is 0 Å². The second kappa shape index (κ2) is 25.9. The van der Waals surface area contributed by atoms with Crippen LogP contribution in [0.25, 0.3) is 0 Å². The van der Waals surface area contributed by atoms with Crippen LogP contribution in [0.2, 0.25) is 0 Å². The number of quaternary nitrogens is 4. The van der Waals surface area contributed by atoms with Gasteiger partial charge in [0.15, 0.2) is 0 Å². The van der Waals surface area contributed by atoms with Crippen molar-refractivity contribution < 1.29 is 17.9 Å². The minimum Gasteiger partial charge on any atom is -0.331 e. The van der Waals surface area contributed by atoms with Gasteiger partial charge in [0.2, 0.25) is 0 Å². The van der Waals surface area contributed by atoms with Crippen LogP contribution in [-0.4, -0.2) is 128 Å². The molecule has 0 bridgehead atoms. The molecule has 0 saturated heterocycles. The summed E-state index contributed by atoms with van der Waals surface area (Å²) in [5.41, 5.74) is 0. The third-order valence-corrected chi connectivity index (χ3v) is 9.96. The Labute approximate surface area is 281 Å². The van der Waals surface area contributed by atoms with Crippen molar-refractivity contribution in [1.82, 2.24) is 0 Å². The van der Waals surface area contributed by atoms with E-state index in [0.717, 1.165) is 8.97 Å². The van der Waals surface area contributed by atoms with Crippen molar-refractivity contribution in [2.24, 2.45) is 0 Å². The van der Waals surface area contributed by atoms with E-state index in [1.165, 1.54) is 202 Å². The maximum atomic E-state index is 2.46. The minimum atomic E-state index is 1.12. The zero-order chi connectivity index (χ0) is 33.2. The first-order valence-corrected chi connectivity index (χ1v) is 19.9. The van der Waals surface area contributed by atoms with Gasteiger partial charge in [-0.2, -0.15) is 0 Å². The van der Waals surface area contributed by atoms with E-state index in [1.54, 1.807) is 0 Å². The van der Waals surface area contributed by atoms with Crippen LogP contribution in [0.15, 0.2) is 0 Å². The fourth-order valence-corrected chi connectivity index (χ4v) is 6.74. The van der Waals surface area contributed by atoms with E-state index in [2.05, 4.69) is 70.5 Å². The van der Waals surface area contributed by atoms with Crippen molar-refractivity contribution in [1.29, 1.82) is 0 Å². The lowest BCUT2D eigenvalue weighted by molar-refractivity contribution is -0.890. The van der Waals surface area contributed by atoms with Crippen LogP contribution in [0.1, 0.15) is 154 Å². The van der Waals surface area contributed by atoms with Gasteiger partial charge in [-0.25, -0.2) is 0 Å². The highest BCUT2D eigenvalue weighted by molar-refractivity contribution is 4.51. The number of hydrogen-bond acceptors (Lipinski definition) is 0. The van der Waals surface area contributed by atoms with Crippen LogP contribution in [0.4, 0.5) is 0 Å². The lowest BCUT2D eigenvalue weighted by Gasteiger charge is -2.30. The van der Waals surface area contributed by atoms with Gasteiger partial charge in [-0.1, -0.05) is 77.0 Å². The molecule has 0 aliphatic carbocycles. The number of nitrogens with zero attached hydrogens (tertiary/aromatic N) is 4. The fraction of sp³-hybridized carbons (Fsp3) is 1.00. The Morgan fingerprint density at radius 3 is 0.477 bits per heavy atom. The van der Waals surface area contributed by atoms with Crippen LogP contribution >= 0.6 is 0 Å². The van der Waals surface area contributed by atoms with Crippen LogP contribution < -0.4 is 0 Å². The molecule has 0 heterocycles. The van der Waals surface area contributed by atoms with Gasteiger partial charge in [0.1, 0.15) is 0 Å². The summed E-state index contributed by atoms with van der Waals surface area (Å²) in [6, 6.07) is 0. The Bertz CT molecular complexity index is 560. The number of hydrogen-bond donors (Lipinski definition) is 0. The Morgan fingerprint density at radius 2 is 0.318 bits per heavy atom. The fourth-order valence-electron chi connectivity index (χ4n) is 6.74. The highest BCUT2D eigenvalue weighted by atomic mass is 15.3. The monoisotopic (exact) mass is 627 g/mol. The quantitative estimate of drug-likeness (QED) is 0.0502. The summed E-state index contributed by atoms with van der Waals surface area (Å²) in [5.74, 6) is 0. The molecule has 4 heteroatoms. The van der Waals surface area contributed by atoms with Crippen LogP contribution in [0.5, 0.6) is 0 Å². The summed E-state index contributed by atoms with van der Waals surface area (Å²) in [5, 5.41) is 0. The first kappa shape index (κ1) is 43.8. The highest BCUT2D eigenvalue weighted by Gasteiger charge is 2.15. The molecule has 266 valence electrons. The topological polar surface area (TPSA) is 0 Å². The summed E-state index contributed by atoms with van der Waals surface area (Å²) in [7, 11) is 23.7. The van der Waals surface area contributed by atoms with Gasteiger partial charge in [-0.05, 0) is 77.0 Å². The minimum absolute atomic E-state index is 1.12. The molecule has 0 rings (SSSR count). The van der Waals surface area contributed by atoms with Crippen LogP contribution in [-0.2, 0) is 0 Å². The Morgan fingerprint density at radius 1 is 0.182 bits per heavy atom. The van der Waals surface area contributed by atoms with Crippen molar-refractivity contribution in [2.75, 3.05) is 110 Å². The SMILES string of the molecule is C[N+](C)(C)CCCCCCCCCC[N+](C)(C)CCCCCCCCCC[N+](C)(C)CCCCCCCCCC[N+](C)(C)C. The molecule has 0 aromatic heterocycles. The maximum absolute atomic E-state index is 2.46. The van der Waals surface area contributed by atoms with E-state index < -0.39 is 0 Å². The summed E-state index contributed by atoms with van der Waals surface area (Å²) < 4.78 is 4.70. The summed E-state index contributed by atoms with van der Waals surface area (Å²) in [6.07, 6.45) is 34.5. The first-order chi connectivity index (χ1) is 20.6. The van der Waals surface area contributed by atoms with E-state index in [9.17, 15) is 0 Å². The Hall–Kier alpha value is -0.160. The van der Waals surface area contributed by atoms with Crippen molar-refractivity contribution in [3.05, 3.63) is 0 Å². The third kappa shape index (κ3) is 34.7. The van der Waals surface area contributed by atoms with E-state index >= 15 is 0 Å². The predicted octanol–water partition coefficient (Wildman–Crippen LogP) is 9.91. The van der Waals surface area contributed by atoms with E-state index in [-0.39, 0.29) is 0 Å². The van der Waals surface area contributed by atoms with Gasteiger partial charge >= 0.3 is 0 Å². The largest absolute Gasteiger partial charge is 0.331 e. The molecule has 0 N–H and O–H groups in total. The number of rotatable bonds is 33. The molecule has 0 fully saturated rings. The molecular formula is C40H90N4+4. The molecule has 0 unspecified atom stereocenters. The van der Waals surface area contributed by atoms with Crippen LogP contribution in [0, 0.1) is 0 Å². The predicted molar refractivity (Wildman–Crippen MR) is 200 cm³/mol. The Kier molecular flexibility index (Phi) is 25.8. The van der Waals surface area contributed by atoms with Crippen molar-refractivity contribution in [3.8, 4) is 0 Å². The first-order valence-electron chi connectivity index (χ1n) is 19.9. The van der Waals surface area contributed by atoms with Crippen molar-refractivity contribution >= 4 is 0 Å². The lowest BCUT2D eigenvalue weighted by Crippen LogP contribution is -2.41. The van der Waals surface area contributed by atoms with Gasteiger partial charge in [0, 0.05) is 0 Å². The molecule has 0 aromatic rings. The molecule has 0 atom stereocenters. The molecule has 0 aromatic carbocycles. The molecule has 0 amide bonds. The molecule has 44 heavy (non-hydrogen) atoms. The second-order valence-electron chi connectivity index (χ2n) is 18.3. The molecule has 0 radical (unpaired) electrons. The van der Waals surface area contributed by atoms with E-state index in [4.69, 9.17) is 0 Å². The molecule has 0 aliphatic rings. The summed E-state index contributed by atoms with van der Waals surface area (Å²) in [4.78, 5) is 0. The Balaban J connectivity index is 3.49. The lowest BCUT2D eigenvalue weighted by atomic mass is 10.1. The zero-order valence-corrected chi connectivity index (χ0v) is 33.0. The van der Waals surface area contributed by atoms with E-state index in [0.29, 0.717) is 0 Å². The summed E-state index contributed by atoms with van der Waals surface area (Å²) in [6.45, 7) is 8.13. The van der Waals surface area contributed by atoms with E-state index in [1.807, 2.05) is 0 Å². The molecule has 0 spiro atoms. The van der Waals surface area contributed by atoms with Crippen molar-refractivity contribution in [2.45, 2.75) is 154 Å². The van der Waals surface area contributed by atoms with Crippen molar-refractivity contribution in [3.63, 3.8) is 0 Å². The van der Waals surface area contributed by atoms with Crippen LogP contribution in [0.3, 0.4) is 0 Å². The zero-order valence-electron chi connectivity index (χ0n) is 33.0. The molecular weight excluding hydrogens is 536 g/mol. The van der Waals surface area contributed by atoms with Gasteiger partial charge in [0.25, 0.3) is 0 Å². The van der Waals surface area contributed by atoms with Gasteiger partial charge in [-0.15, -0.1) is 0 Å². The molecule has 0 aliphatic heterocycles.